The number of esters is 1. The first-order valence-corrected chi connectivity index (χ1v) is 15.3. The number of aryl methyl sites for hydroxylation is 2. The number of ether oxygens (including phenoxy) is 2. The van der Waals surface area contributed by atoms with Gasteiger partial charge < -0.3 is 20.1 Å². The molecule has 0 unspecified atom stereocenters. The van der Waals surface area contributed by atoms with Gasteiger partial charge in [-0.05, 0) is 113 Å². The van der Waals surface area contributed by atoms with E-state index in [2.05, 4.69) is 23.8 Å². The Balaban J connectivity index is 2.74. The summed E-state index contributed by atoms with van der Waals surface area (Å²) in [6.07, 6.45) is -1.66. The van der Waals surface area contributed by atoms with Crippen LogP contribution < -0.4 is 10.6 Å². The maximum absolute atomic E-state index is 15.9. The molecule has 2 atom stereocenters. The molecular weight excluding hydrogens is 623 g/mol. The first kappa shape index (κ1) is 39.0. The third-order valence-electron chi connectivity index (χ3n) is 6.96. The molecule has 0 aromatic heterocycles. The second-order valence-electron chi connectivity index (χ2n) is 12.0. The smallest absolute Gasteiger partial charge is 0.419 e. The highest BCUT2D eigenvalue weighted by Crippen LogP contribution is 2.40. The van der Waals surface area contributed by atoms with Crippen molar-refractivity contribution in [1.82, 2.24) is 10.6 Å². The van der Waals surface area contributed by atoms with Crippen molar-refractivity contribution in [3.05, 3.63) is 83.5 Å². The second kappa shape index (κ2) is 17.1. The van der Waals surface area contributed by atoms with Crippen molar-refractivity contribution >= 4 is 18.0 Å². The van der Waals surface area contributed by atoms with Gasteiger partial charge in [0.1, 0.15) is 23.3 Å². The molecule has 2 rings (SSSR count). The fourth-order valence-corrected chi connectivity index (χ4v) is 5.02. The number of alkyl carbamates (subject to hydrolysis) is 1. The van der Waals surface area contributed by atoms with Crippen molar-refractivity contribution in [2.75, 3.05) is 6.61 Å². The molecule has 0 aliphatic rings. The number of alkyl halides is 3. The minimum absolute atomic E-state index is 0.0809. The molecule has 0 saturated heterocycles. The van der Waals surface area contributed by atoms with Gasteiger partial charge in [-0.3, -0.25) is 9.59 Å². The quantitative estimate of drug-likeness (QED) is 0.0862. The Bertz CT molecular complexity index is 1450. The average Bonchev–Trinajstić information content (AvgIpc) is 2.93. The van der Waals surface area contributed by atoms with Crippen LogP contribution in [-0.2, 0) is 31.7 Å². The van der Waals surface area contributed by atoms with Crippen LogP contribution in [0, 0.1) is 18.6 Å². The number of nitrogens with one attached hydrogen (secondary N) is 2. The van der Waals surface area contributed by atoms with Crippen molar-refractivity contribution in [3.63, 3.8) is 0 Å². The van der Waals surface area contributed by atoms with Crippen LogP contribution in [0.4, 0.5) is 26.7 Å². The van der Waals surface area contributed by atoms with Crippen LogP contribution in [0.2, 0.25) is 0 Å². The van der Waals surface area contributed by atoms with Gasteiger partial charge in [-0.2, -0.15) is 13.2 Å². The number of unbranched alkanes of at least 4 members (excludes halogenated alkanes) is 2. The topological polar surface area (TPSA) is 93.7 Å². The molecule has 0 saturated carbocycles. The number of amides is 2. The van der Waals surface area contributed by atoms with Gasteiger partial charge in [-0.25, -0.2) is 13.6 Å². The molecule has 7 nitrogen and oxygen atoms in total. The summed E-state index contributed by atoms with van der Waals surface area (Å²) in [5.41, 5.74) is -2.27. The number of carbonyl (C=O) groups is 3. The van der Waals surface area contributed by atoms with Crippen LogP contribution in [0.3, 0.4) is 0 Å². The molecule has 0 aliphatic carbocycles. The van der Waals surface area contributed by atoms with E-state index in [4.69, 9.17) is 9.47 Å². The van der Waals surface area contributed by atoms with Crippen molar-refractivity contribution in [1.29, 1.82) is 0 Å². The van der Waals surface area contributed by atoms with Gasteiger partial charge in [0, 0.05) is 5.56 Å². The number of allylic oxidation sites excluding steroid dienone is 1. The van der Waals surface area contributed by atoms with Gasteiger partial charge in [0.25, 0.3) is 0 Å². The Hall–Kier alpha value is -4.22. The molecule has 2 aromatic carbocycles. The standard InChI is InChI=1S/C35H43F5N2O5/c1-8-11-12-13-15-22-17-24(36)16-21(4)30(22)23-18-25(31(37)26(19-23)35(38,39)40)28(20-29(43)46-10-3)41-32(44)27(14-9-2)42-33(45)47-34(5,6)7/h8-9,16-19,27-28H,1-2,10-15,20H2,3-7H3,(H,41,44)(H,42,45)/t27-,28-/m0/s1. The molecule has 0 bridgehead atoms. The van der Waals surface area contributed by atoms with E-state index in [9.17, 15) is 31.9 Å². The fourth-order valence-electron chi connectivity index (χ4n) is 5.02. The lowest BCUT2D eigenvalue weighted by Crippen LogP contribution is -2.49. The molecular formula is C35H43F5N2O5. The highest BCUT2D eigenvalue weighted by Gasteiger charge is 2.38. The molecule has 0 radical (unpaired) electrons. The first-order chi connectivity index (χ1) is 21.9. The van der Waals surface area contributed by atoms with Gasteiger partial charge >= 0.3 is 18.2 Å². The SMILES string of the molecule is C=CCCCCc1cc(F)cc(C)c1-c1cc([C@H](CC(=O)OCC)NC(=O)[C@H](CC=C)NC(=O)OC(C)(C)C)c(F)c(C(F)(F)F)c1. The van der Waals surface area contributed by atoms with Gasteiger partial charge in [-0.1, -0.05) is 12.2 Å². The predicted molar refractivity (Wildman–Crippen MR) is 169 cm³/mol. The minimum atomic E-state index is -5.17. The zero-order valence-electron chi connectivity index (χ0n) is 27.4. The molecule has 47 heavy (non-hydrogen) atoms. The summed E-state index contributed by atoms with van der Waals surface area (Å²) in [5, 5.41) is 4.80. The highest BCUT2D eigenvalue weighted by atomic mass is 19.4. The van der Waals surface area contributed by atoms with Gasteiger partial charge in [0.05, 0.1) is 24.6 Å². The summed E-state index contributed by atoms with van der Waals surface area (Å²) in [6.45, 7) is 15.0. The lowest BCUT2D eigenvalue weighted by molar-refractivity contribution is -0.144. The number of benzene rings is 2. The van der Waals surface area contributed by atoms with Crippen LogP contribution in [-0.4, -0.2) is 36.2 Å². The molecule has 0 fully saturated rings. The lowest BCUT2D eigenvalue weighted by atomic mass is 9.88. The van der Waals surface area contributed by atoms with E-state index in [1.54, 1.807) is 26.8 Å². The zero-order valence-corrected chi connectivity index (χ0v) is 27.4. The molecule has 0 spiro atoms. The Morgan fingerprint density at radius 1 is 0.979 bits per heavy atom. The highest BCUT2D eigenvalue weighted by molar-refractivity contribution is 5.87. The number of carbonyl (C=O) groups excluding carboxylic acids is 3. The Morgan fingerprint density at radius 2 is 1.66 bits per heavy atom. The summed E-state index contributed by atoms with van der Waals surface area (Å²) in [5.74, 6) is -4.15. The summed E-state index contributed by atoms with van der Waals surface area (Å²) in [4.78, 5) is 38.5. The lowest BCUT2D eigenvalue weighted by Gasteiger charge is -2.26. The zero-order chi connectivity index (χ0) is 35.5. The fraction of sp³-hybridized carbons (Fsp3) is 0.457. The van der Waals surface area contributed by atoms with Crippen LogP contribution in [0.5, 0.6) is 0 Å². The van der Waals surface area contributed by atoms with Crippen LogP contribution in [0.1, 0.15) is 88.1 Å². The molecule has 0 heterocycles. The number of hydrogen-bond donors (Lipinski definition) is 2. The number of hydrogen-bond acceptors (Lipinski definition) is 5. The van der Waals surface area contributed by atoms with Crippen molar-refractivity contribution in [2.45, 2.75) is 97.0 Å². The minimum Gasteiger partial charge on any atom is -0.466 e. The Morgan fingerprint density at radius 3 is 2.23 bits per heavy atom. The van der Waals surface area contributed by atoms with Crippen LogP contribution >= 0.6 is 0 Å². The summed E-state index contributed by atoms with van der Waals surface area (Å²) < 4.78 is 83.6. The third-order valence-corrected chi connectivity index (χ3v) is 6.96. The van der Waals surface area contributed by atoms with Crippen molar-refractivity contribution < 1.29 is 45.8 Å². The normalized spacial score (nSPS) is 12.9. The predicted octanol–water partition coefficient (Wildman–Crippen LogP) is 8.44. The molecule has 0 aliphatic heterocycles. The number of halogens is 5. The summed E-state index contributed by atoms with van der Waals surface area (Å²) >= 11 is 0. The largest absolute Gasteiger partial charge is 0.466 e. The van der Waals surface area contributed by atoms with E-state index in [-0.39, 0.29) is 24.2 Å². The monoisotopic (exact) mass is 666 g/mol. The molecule has 2 aromatic rings. The van der Waals surface area contributed by atoms with Crippen LogP contribution in [0.15, 0.2) is 49.6 Å². The Kier molecular flexibility index (Phi) is 14.2. The van der Waals surface area contributed by atoms with Gasteiger partial charge in [0.2, 0.25) is 5.91 Å². The summed E-state index contributed by atoms with van der Waals surface area (Å²) in [6, 6.07) is 1.16. The molecule has 2 N–H and O–H groups in total. The van der Waals surface area contributed by atoms with E-state index in [1.165, 1.54) is 32.1 Å². The van der Waals surface area contributed by atoms with Crippen molar-refractivity contribution in [2.24, 2.45) is 0 Å². The molecule has 258 valence electrons. The first-order valence-electron chi connectivity index (χ1n) is 15.3. The second-order valence-corrected chi connectivity index (χ2v) is 12.0. The van der Waals surface area contributed by atoms with Crippen molar-refractivity contribution in [3.8, 4) is 11.1 Å². The van der Waals surface area contributed by atoms with E-state index >= 15 is 4.39 Å². The van der Waals surface area contributed by atoms with Crippen LogP contribution in [0.25, 0.3) is 11.1 Å². The maximum Gasteiger partial charge on any atom is 0.419 e. The van der Waals surface area contributed by atoms with Gasteiger partial charge in [-0.15, -0.1) is 13.2 Å². The third kappa shape index (κ3) is 11.8. The van der Waals surface area contributed by atoms with E-state index < -0.39 is 71.0 Å². The van der Waals surface area contributed by atoms with E-state index in [1.807, 2.05) is 0 Å². The van der Waals surface area contributed by atoms with Gasteiger partial charge in [0.15, 0.2) is 0 Å². The maximum atomic E-state index is 15.9. The average molecular weight is 667 g/mol. The molecule has 2 amide bonds. The van der Waals surface area contributed by atoms with E-state index in [0.29, 0.717) is 42.9 Å². The van der Waals surface area contributed by atoms with E-state index in [0.717, 1.165) is 6.07 Å². The summed E-state index contributed by atoms with van der Waals surface area (Å²) in [7, 11) is 0. The number of rotatable bonds is 15. The molecule has 12 heteroatoms. The Labute approximate surface area is 272 Å².